The maximum Gasteiger partial charge on any atom is 0.0558 e. The Hall–Kier alpha value is -0.120. The molecule has 0 aromatic heterocycles. The van der Waals surface area contributed by atoms with Crippen molar-refractivity contribution in [2.75, 3.05) is 26.2 Å². The molecule has 0 bridgehead atoms. The van der Waals surface area contributed by atoms with E-state index in [4.69, 9.17) is 5.73 Å². The van der Waals surface area contributed by atoms with Crippen molar-refractivity contribution in [1.82, 2.24) is 4.90 Å². The first-order valence-electron chi connectivity index (χ1n) is 8.14. The lowest BCUT2D eigenvalue weighted by atomic mass is 9.87. The summed E-state index contributed by atoms with van der Waals surface area (Å²) in [5, 5.41) is 9.23. The van der Waals surface area contributed by atoms with Gasteiger partial charge in [-0.3, -0.25) is 4.90 Å². The van der Waals surface area contributed by atoms with E-state index in [0.29, 0.717) is 6.61 Å². The SMILES string of the molecule is CC(C)(CN)CCCCN(CCO)C1CCCCC1. The minimum Gasteiger partial charge on any atom is -0.395 e. The molecule has 1 aliphatic carbocycles. The fourth-order valence-corrected chi connectivity index (χ4v) is 3.07. The van der Waals surface area contributed by atoms with Crippen molar-refractivity contribution < 1.29 is 5.11 Å². The van der Waals surface area contributed by atoms with Crippen LogP contribution in [0.5, 0.6) is 0 Å². The van der Waals surface area contributed by atoms with E-state index in [1.54, 1.807) is 0 Å². The molecular formula is C16H34N2O. The molecule has 0 aromatic rings. The Balaban J connectivity index is 2.25. The lowest BCUT2D eigenvalue weighted by molar-refractivity contribution is 0.120. The van der Waals surface area contributed by atoms with Gasteiger partial charge in [0.1, 0.15) is 0 Å². The first-order chi connectivity index (χ1) is 9.09. The highest BCUT2D eigenvalue weighted by Gasteiger charge is 2.20. The second-order valence-corrected chi connectivity index (χ2v) is 6.88. The second-order valence-electron chi connectivity index (χ2n) is 6.88. The lowest BCUT2D eigenvalue weighted by Crippen LogP contribution is -2.39. The molecule has 3 N–H and O–H groups in total. The summed E-state index contributed by atoms with van der Waals surface area (Å²) in [6, 6.07) is 0.725. The van der Waals surface area contributed by atoms with Gasteiger partial charge in [-0.25, -0.2) is 0 Å². The van der Waals surface area contributed by atoms with Crippen molar-refractivity contribution in [2.45, 2.75) is 71.3 Å². The molecule has 1 fully saturated rings. The Bertz CT molecular complexity index is 225. The van der Waals surface area contributed by atoms with Gasteiger partial charge in [-0.15, -0.1) is 0 Å². The smallest absolute Gasteiger partial charge is 0.0558 e. The molecule has 0 aliphatic heterocycles. The van der Waals surface area contributed by atoms with Crippen LogP contribution in [-0.2, 0) is 0 Å². The van der Waals surface area contributed by atoms with Gasteiger partial charge in [0.25, 0.3) is 0 Å². The molecule has 0 heterocycles. The monoisotopic (exact) mass is 270 g/mol. The predicted octanol–water partition coefficient (Wildman–Crippen LogP) is 2.77. The number of nitrogens with two attached hydrogens (primary N) is 1. The third-order valence-electron chi connectivity index (χ3n) is 4.58. The first-order valence-corrected chi connectivity index (χ1v) is 8.14. The van der Waals surface area contributed by atoms with Crippen LogP contribution >= 0.6 is 0 Å². The first kappa shape index (κ1) is 16.9. The summed E-state index contributed by atoms with van der Waals surface area (Å²) in [6.07, 6.45) is 10.5. The van der Waals surface area contributed by atoms with Gasteiger partial charge in [-0.1, -0.05) is 39.5 Å². The van der Waals surface area contributed by atoms with Crippen LogP contribution in [-0.4, -0.2) is 42.3 Å². The van der Waals surface area contributed by atoms with E-state index >= 15 is 0 Å². The fraction of sp³-hybridized carbons (Fsp3) is 1.00. The van der Waals surface area contributed by atoms with Crippen LogP contribution < -0.4 is 5.73 Å². The Labute approximate surface area is 119 Å². The summed E-state index contributed by atoms with van der Waals surface area (Å²) in [5.74, 6) is 0. The molecular weight excluding hydrogens is 236 g/mol. The molecule has 0 saturated heterocycles. The quantitative estimate of drug-likeness (QED) is 0.633. The molecule has 19 heavy (non-hydrogen) atoms. The summed E-state index contributed by atoms with van der Waals surface area (Å²) >= 11 is 0. The topological polar surface area (TPSA) is 49.5 Å². The number of hydrogen-bond acceptors (Lipinski definition) is 3. The molecule has 114 valence electrons. The van der Waals surface area contributed by atoms with E-state index < -0.39 is 0 Å². The molecule has 1 rings (SSSR count). The third kappa shape index (κ3) is 6.73. The van der Waals surface area contributed by atoms with Gasteiger partial charge < -0.3 is 10.8 Å². The molecule has 1 aliphatic rings. The third-order valence-corrected chi connectivity index (χ3v) is 4.58. The van der Waals surface area contributed by atoms with E-state index in [2.05, 4.69) is 18.7 Å². The van der Waals surface area contributed by atoms with Gasteiger partial charge in [0.05, 0.1) is 6.61 Å². The standard InChI is InChI=1S/C16H34N2O/c1-16(2,14-17)10-6-7-11-18(12-13-19)15-8-4-3-5-9-15/h15,19H,3-14,17H2,1-2H3. The minimum absolute atomic E-state index is 0.284. The highest BCUT2D eigenvalue weighted by molar-refractivity contribution is 4.76. The summed E-state index contributed by atoms with van der Waals surface area (Å²) in [4.78, 5) is 2.52. The van der Waals surface area contributed by atoms with Crippen LogP contribution in [0.15, 0.2) is 0 Å². The number of unbranched alkanes of at least 4 members (excludes halogenated alkanes) is 1. The fourth-order valence-electron chi connectivity index (χ4n) is 3.07. The van der Waals surface area contributed by atoms with Crippen LogP contribution in [0.25, 0.3) is 0 Å². The van der Waals surface area contributed by atoms with Crippen LogP contribution in [0.4, 0.5) is 0 Å². The zero-order chi connectivity index (χ0) is 14.1. The average Bonchev–Trinajstić information content (AvgIpc) is 2.43. The molecule has 3 heteroatoms. The summed E-state index contributed by atoms with van der Waals surface area (Å²) in [6.45, 7) is 7.57. The number of aliphatic hydroxyl groups excluding tert-OH is 1. The van der Waals surface area contributed by atoms with Crippen LogP contribution in [0, 0.1) is 5.41 Å². The van der Waals surface area contributed by atoms with Crippen LogP contribution in [0.1, 0.15) is 65.2 Å². The molecule has 0 spiro atoms. The summed E-state index contributed by atoms with van der Waals surface area (Å²) in [7, 11) is 0. The molecule has 1 saturated carbocycles. The van der Waals surface area contributed by atoms with Crippen molar-refractivity contribution in [3.8, 4) is 0 Å². The minimum atomic E-state index is 0.284. The van der Waals surface area contributed by atoms with E-state index in [1.165, 1.54) is 51.4 Å². The number of nitrogens with zero attached hydrogens (tertiary/aromatic N) is 1. The molecule has 0 amide bonds. The Kier molecular flexibility index (Phi) is 7.96. The van der Waals surface area contributed by atoms with E-state index in [1.807, 2.05) is 0 Å². The Morgan fingerprint density at radius 3 is 2.37 bits per heavy atom. The molecule has 3 nitrogen and oxygen atoms in total. The van der Waals surface area contributed by atoms with Gasteiger partial charge in [-0.05, 0) is 44.2 Å². The van der Waals surface area contributed by atoms with E-state index in [9.17, 15) is 5.11 Å². The number of rotatable bonds is 9. The molecule has 0 atom stereocenters. The van der Waals surface area contributed by atoms with E-state index in [0.717, 1.165) is 25.7 Å². The van der Waals surface area contributed by atoms with Gasteiger partial charge in [0.2, 0.25) is 0 Å². The molecule has 0 aromatic carbocycles. The van der Waals surface area contributed by atoms with Crippen molar-refractivity contribution in [3.05, 3.63) is 0 Å². The average molecular weight is 270 g/mol. The molecule has 0 unspecified atom stereocenters. The predicted molar refractivity (Wildman–Crippen MR) is 82.2 cm³/mol. The van der Waals surface area contributed by atoms with Crippen molar-refractivity contribution in [2.24, 2.45) is 11.1 Å². The van der Waals surface area contributed by atoms with Gasteiger partial charge in [0, 0.05) is 12.6 Å². The Morgan fingerprint density at radius 2 is 1.79 bits per heavy atom. The van der Waals surface area contributed by atoms with Gasteiger partial charge in [-0.2, -0.15) is 0 Å². The Morgan fingerprint density at radius 1 is 1.11 bits per heavy atom. The summed E-state index contributed by atoms with van der Waals surface area (Å²) in [5.41, 5.74) is 6.05. The maximum atomic E-state index is 9.23. The molecule has 0 radical (unpaired) electrons. The highest BCUT2D eigenvalue weighted by Crippen LogP contribution is 2.24. The highest BCUT2D eigenvalue weighted by atomic mass is 16.3. The maximum absolute atomic E-state index is 9.23. The lowest BCUT2D eigenvalue weighted by Gasteiger charge is -2.34. The van der Waals surface area contributed by atoms with E-state index in [-0.39, 0.29) is 5.41 Å². The zero-order valence-electron chi connectivity index (χ0n) is 13.0. The summed E-state index contributed by atoms with van der Waals surface area (Å²) < 4.78 is 0. The normalized spacial score (nSPS) is 18.2. The zero-order valence-corrected chi connectivity index (χ0v) is 13.0. The number of hydrogen-bond donors (Lipinski definition) is 2. The largest absolute Gasteiger partial charge is 0.395 e. The van der Waals surface area contributed by atoms with Crippen molar-refractivity contribution in [3.63, 3.8) is 0 Å². The number of aliphatic hydroxyl groups is 1. The van der Waals surface area contributed by atoms with Gasteiger partial charge in [0.15, 0.2) is 0 Å². The van der Waals surface area contributed by atoms with Crippen LogP contribution in [0.3, 0.4) is 0 Å². The van der Waals surface area contributed by atoms with Gasteiger partial charge >= 0.3 is 0 Å². The second kappa shape index (κ2) is 8.93. The van der Waals surface area contributed by atoms with Crippen molar-refractivity contribution in [1.29, 1.82) is 0 Å². The van der Waals surface area contributed by atoms with Crippen molar-refractivity contribution >= 4 is 0 Å². The van der Waals surface area contributed by atoms with Crippen LogP contribution in [0.2, 0.25) is 0 Å².